The van der Waals surface area contributed by atoms with Gasteiger partial charge in [0.15, 0.2) is 6.29 Å². The van der Waals surface area contributed by atoms with Crippen LogP contribution in [0.1, 0.15) is 37.4 Å². The molecule has 4 nitrogen and oxygen atoms in total. The quantitative estimate of drug-likeness (QED) is 0.621. The lowest BCUT2D eigenvalue weighted by molar-refractivity contribution is 0.0766. The summed E-state index contributed by atoms with van der Waals surface area (Å²) in [6, 6.07) is 13.6. The van der Waals surface area contributed by atoms with Crippen molar-refractivity contribution >= 4 is 23.8 Å². The van der Waals surface area contributed by atoms with Gasteiger partial charge in [-0.1, -0.05) is 41.4 Å². The molecule has 0 radical (unpaired) electrons. The maximum atomic E-state index is 12.8. The van der Waals surface area contributed by atoms with Gasteiger partial charge in [-0.3, -0.25) is 14.6 Å². The van der Waals surface area contributed by atoms with Crippen molar-refractivity contribution in [2.75, 3.05) is 0 Å². The standard InChI is InChI=1S/C22H17ClN2O2/c1-14-2-4-15(5-3-14)11-25-12-17-8-16(9-20(23)21(17)22(25)27)19-6-7-24-10-18(19)13-26/h2-10,13H,11-12H2,1H3. The molecule has 4 rings (SSSR count). The number of hydrogen-bond donors (Lipinski definition) is 0. The van der Waals surface area contributed by atoms with E-state index in [9.17, 15) is 9.59 Å². The van der Waals surface area contributed by atoms with Gasteiger partial charge in [0, 0.05) is 31.0 Å². The van der Waals surface area contributed by atoms with E-state index >= 15 is 0 Å². The molecule has 5 heteroatoms. The number of aryl methyl sites for hydroxylation is 1. The molecule has 0 bridgehead atoms. The second-order valence-corrected chi connectivity index (χ2v) is 7.13. The third-order valence-corrected chi connectivity index (χ3v) is 5.12. The van der Waals surface area contributed by atoms with E-state index in [0.717, 1.165) is 28.5 Å². The van der Waals surface area contributed by atoms with E-state index in [-0.39, 0.29) is 5.91 Å². The first-order valence-electron chi connectivity index (χ1n) is 8.63. The number of hydrogen-bond acceptors (Lipinski definition) is 3. The number of fused-ring (bicyclic) bond motifs is 1. The first-order valence-corrected chi connectivity index (χ1v) is 9.01. The number of benzene rings is 2. The average molecular weight is 377 g/mol. The molecule has 1 aromatic heterocycles. The Morgan fingerprint density at radius 1 is 1.19 bits per heavy atom. The van der Waals surface area contributed by atoms with E-state index in [4.69, 9.17) is 11.6 Å². The van der Waals surface area contributed by atoms with Gasteiger partial charge in [0.05, 0.1) is 10.6 Å². The van der Waals surface area contributed by atoms with Crippen LogP contribution in [0.15, 0.2) is 54.9 Å². The number of pyridine rings is 1. The monoisotopic (exact) mass is 376 g/mol. The third-order valence-electron chi connectivity index (χ3n) is 4.82. The Bertz CT molecular complexity index is 1040. The molecule has 1 aliphatic heterocycles. The summed E-state index contributed by atoms with van der Waals surface area (Å²) >= 11 is 6.45. The lowest BCUT2D eigenvalue weighted by Gasteiger charge is -2.15. The van der Waals surface area contributed by atoms with Crippen molar-refractivity contribution in [2.24, 2.45) is 0 Å². The molecule has 0 saturated heterocycles. The molecule has 1 amide bonds. The Morgan fingerprint density at radius 2 is 1.96 bits per heavy atom. The Hall–Kier alpha value is -2.98. The molecule has 27 heavy (non-hydrogen) atoms. The molecular weight excluding hydrogens is 360 g/mol. The average Bonchev–Trinajstić information content (AvgIpc) is 2.99. The highest BCUT2D eigenvalue weighted by Crippen LogP contribution is 2.35. The second-order valence-electron chi connectivity index (χ2n) is 6.72. The molecule has 134 valence electrons. The number of aldehydes is 1. The third kappa shape index (κ3) is 3.24. The van der Waals surface area contributed by atoms with Crippen molar-refractivity contribution in [2.45, 2.75) is 20.0 Å². The second kappa shape index (κ2) is 6.97. The minimum absolute atomic E-state index is 0.0625. The summed E-state index contributed by atoms with van der Waals surface area (Å²) < 4.78 is 0. The van der Waals surface area contributed by atoms with Crippen molar-refractivity contribution in [1.29, 1.82) is 0 Å². The molecule has 1 aliphatic rings. The topological polar surface area (TPSA) is 50.3 Å². The van der Waals surface area contributed by atoms with Crippen LogP contribution in [0.5, 0.6) is 0 Å². The van der Waals surface area contributed by atoms with Crippen LogP contribution in [0.3, 0.4) is 0 Å². The summed E-state index contributed by atoms with van der Waals surface area (Å²) in [5, 5.41) is 0.410. The van der Waals surface area contributed by atoms with Crippen LogP contribution < -0.4 is 0 Å². The predicted molar refractivity (Wildman–Crippen MR) is 105 cm³/mol. The summed E-state index contributed by atoms with van der Waals surface area (Å²) in [5.41, 5.74) is 5.76. The van der Waals surface area contributed by atoms with Crippen LogP contribution >= 0.6 is 11.6 Å². The van der Waals surface area contributed by atoms with E-state index in [2.05, 4.69) is 4.98 Å². The molecule has 2 heterocycles. The van der Waals surface area contributed by atoms with Crippen molar-refractivity contribution in [3.63, 3.8) is 0 Å². The lowest BCUT2D eigenvalue weighted by atomic mass is 9.98. The summed E-state index contributed by atoms with van der Waals surface area (Å²) in [7, 11) is 0. The van der Waals surface area contributed by atoms with Crippen LogP contribution in [0.4, 0.5) is 0 Å². The van der Waals surface area contributed by atoms with Gasteiger partial charge in [-0.25, -0.2) is 0 Å². The first-order chi connectivity index (χ1) is 13.1. The first kappa shape index (κ1) is 17.4. The maximum absolute atomic E-state index is 12.8. The molecule has 0 aliphatic carbocycles. The Labute approximate surface area is 162 Å². The largest absolute Gasteiger partial charge is 0.330 e. The minimum Gasteiger partial charge on any atom is -0.330 e. The Kier molecular flexibility index (Phi) is 4.50. The van der Waals surface area contributed by atoms with E-state index in [1.807, 2.05) is 37.3 Å². The Balaban J connectivity index is 1.68. The zero-order chi connectivity index (χ0) is 19.0. The Morgan fingerprint density at radius 3 is 2.70 bits per heavy atom. The van der Waals surface area contributed by atoms with Crippen LogP contribution in [0.25, 0.3) is 11.1 Å². The van der Waals surface area contributed by atoms with Gasteiger partial charge >= 0.3 is 0 Å². The normalized spacial score (nSPS) is 13.0. The zero-order valence-electron chi connectivity index (χ0n) is 14.8. The van der Waals surface area contributed by atoms with Crippen LogP contribution in [0.2, 0.25) is 5.02 Å². The van der Waals surface area contributed by atoms with E-state index in [0.29, 0.717) is 29.2 Å². The minimum atomic E-state index is -0.0625. The van der Waals surface area contributed by atoms with Gasteiger partial charge in [-0.15, -0.1) is 0 Å². The summed E-state index contributed by atoms with van der Waals surface area (Å²) in [4.78, 5) is 29.9. The number of carbonyl (C=O) groups is 2. The highest BCUT2D eigenvalue weighted by molar-refractivity contribution is 6.34. The van der Waals surface area contributed by atoms with Crippen LogP contribution in [-0.2, 0) is 13.1 Å². The smallest absolute Gasteiger partial charge is 0.256 e. The summed E-state index contributed by atoms with van der Waals surface area (Å²) in [6.07, 6.45) is 3.94. The van der Waals surface area contributed by atoms with Gasteiger partial charge in [-0.05, 0) is 47.4 Å². The molecule has 2 aromatic carbocycles. The molecular formula is C22H17ClN2O2. The maximum Gasteiger partial charge on any atom is 0.256 e. The number of nitrogens with zero attached hydrogens (tertiary/aromatic N) is 2. The number of amides is 1. The van der Waals surface area contributed by atoms with Crippen LogP contribution in [-0.4, -0.2) is 22.1 Å². The fraction of sp³-hybridized carbons (Fsp3) is 0.136. The van der Waals surface area contributed by atoms with Gasteiger partial charge in [0.1, 0.15) is 0 Å². The molecule has 0 atom stereocenters. The molecule has 0 N–H and O–H groups in total. The van der Waals surface area contributed by atoms with Crippen molar-refractivity contribution < 1.29 is 9.59 Å². The number of aromatic nitrogens is 1. The van der Waals surface area contributed by atoms with Gasteiger partial charge < -0.3 is 4.90 Å². The molecule has 0 saturated carbocycles. The van der Waals surface area contributed by atoms with E-state index < -0.39 is 0 Å². The number of halogens is 1. The zero-order valence-corrected chi connectivity index (χ0v) is 15.5. The number of carbonyl (C=O) groups excluding carboxylic acids is 2. The van der Waals surface area contributed by atoms with E-state index in [1.165, 1.54) is 11.8 Å². The van der Waals surface area contributed by atoms with Gasteiger partial charge in [0.2, 0.25) is 0 Å². The number of rotatable bonds is 4. The van der Waals surface area contributed by atoms with Crippen LogP contribution in [0, 0.1) is 6.92 Å². The highest BCUT2D eigenvalue weighted by Gasteiger charge is 2.30. The van der Waals surface area contributed by atoms with Gasteiger partial charge in [0.25, 0.3) is 5.91 Å². The fourth-order valence-electron chi connectivity index (χ4n) is 3.42. The molecule has 0 unspecified atom stereocenters. The summed E-state index contributed by atoms with van der Waals surface area (Å²) in [6.45, 7) is 3.07. The van der Waals surface area contributed by atoms with Crippen molar-refractivity contribution in [1.82, 2.24) is 9.88 Å². The van der Waals surface area contributed by atoms with Crippen molar-refractivity contribution in [3.8, 4) is 11.1 Å². The SMILES string of the molecule is Cc1ccc(CN2Cc3cc(-c4ccncc4C=O)cc(Cl)c3C2=O)cc1. The molecule has 3 aromatic rings. The molecule has 0 fully saturated rings. The van der Waals surface area contributed by atoms with E-state index in [1.54, 1.807) is 23.2 Å². The highest BCUT2D eigenvalue weighted by atomic mass is 35.5. The lowest BCUT2D eigenvalue weighted by Crippen LogP contribution is -2.23. The molecule has 0 spiro atoms. The van der Waals surface area contributed by atoms with Crippen molar-refractivity contribution in [3.05, 3.63) is 87.7 Å². The predicted octanol–water partition coefficient (Wildman–Crippen LogP) is 4.68. The summed E-state index contributed by atoms with van der Waals surface area (Å²) in [5.74, 6) is -0.0625. The fourth-order valence-corrected chi connectivity index (χ4v) is 3.74. The van der Waals surface area contributed by atoms with Gasteiger partial charge in [-0.2, -0.15) is 0 Å².